The first kappa shape index (κ1) is 15.4. The van der Waals surface area contributed by atoms with Gasteiger partial charge in [-0.25, -0.2) is 4.39 Å². The maximum Gasteiger partial charge on any atom is 0.254 e. The van der Waals surface area contributed by atoms with Gasteiger partial charge in [0.1, 0.15) is 5.82 Å². The fraction of sp³-hybridized carbons (Fsp3) is 0.500. The summed E-state index contributed by atoms with van der Waals surface area (Å²) in [6.45, 7) is 3.82. The Kier molecular flexibility index (Phi) is 5.30. The highest BCUT2D eigenvalue weighted by molar-refractivity contribution is 5.94. The number of aliphatic hydroxyl groups excluding tert-OH is 1. The molecule has 1 amide bonds. The van der Waals surface area contributed by atoms with E-state index in [0.717, 1.165) is 0 Å². The van der Waals surface area contributed by atoms with Crippen molar-refractivity contribution in [1.29, 1.82) is 0 Å². The van der Waals surface area contributed by atoms with E-state index in [9.17, 15) is 14.3 Å². The van der Waals surface area contributed by atoms with Crippen molar-refractivity contribution in [2.24, 2.45) is 5.92 Å². The van der Waals surface area contributed by atoms with E-state index >= 15 is 0 Å². The van der Waals surface area contributed by atoms with Gasteiger partial charge in [0, 0.05) is 26.3 Å². The molecule has 1 aromatic carbocycles. The maximum atomic E-state index is 13.8. The van der Waals surface area contributed by atoms with Crippen LogP contribution >= 0.6 is 0 Å². The van der Waals surface area contributed by atoms with Crippen LogP contribution in [0.4, 0.5) is 10.1 Å². The van der Waals surface area contributed by atoms with Gasteiger partial charge in [0.05, 0.1) is 11.7 Å². The van der Waals surface area contributed by atoms with Gasteiger partial charge < -0.3 is 15.3 Å². The van der Waals surface area contributed by atoms with Crippen molar-refractivity contribution < 1.29 is 14.3 Å². The summed E-state index contributed by atoms with van der Waals surface area (Å²) in [5.74, 6) is -1.04. The van der Waals surface area contributed by atoms with Crippen LogP contribution in [-0.4, -0.2) is 37.8 Å². The highest BCUT2D eigenvalue weighted by atomic mass is 19.1. The number of nitrogens with zero attached hydrogens (tertiary/aromatic N) is 1. The molecule has 2 N–H and O–H groups in total. The molecule has 0 radical (unpaired) electrons. The SMILES string of the molecule is CC(C)C(O)CNC(=O)c1ccc(N(C)C)cc1F. The third-order valence-corrected chi connectivity index (χ3v) is 2.95. The Hall–Kier alpha value is -1.62. The van der Waals surface area contributed by atoms with E-state index < -0.39 is 17.8 Å². The number of rotatable bonds is 5. The summed E-state index contributed by atoms with van der Waals surface area (Å²) in [5.41, 5.74) is 0.679. The summed E-state index contributed by atoms with van der Waals surface area (Å²) in [6.07, 6.45) is -0.631. The molecule has 0 aromatic heterocycles. The Bertz CT molecular complexity index is 447. The van der Waals surface area contributed by atoms with Gasteiger partial charge in [-0.1, -0.05) is 13.8 Å². The first-order chi connectivity index (χ1) is 8.82. The average Bonchev–Trinajstić information content (AvgIpc) is 2.34. The summed E-state index contributed by atoms with van der Waals surface area (Å²) in [5, 5.41) is 12.1. The van der Waals surface area contributed by atoms with Gasteiger partial charge in [0.2, 0.25) is 0 Å². The van der Waals surface area contributed by atoms with Crippen LogP contribution < -0.4 is 10.2 Å². The number of carbonyl (C=O) groups excluding carboxylic acids is 1. The van der Waals surface area contributed by atoms with Crippen molar-refractivity contribution in [3.8, 4) is 0 Å². The van der Waals surface area contributed by atoms with Crippen LogP contribution in [0, 0.1) is 11.7 Å². The van der Waals surface area contributed by atoms with Crippen molar-refractivity contribution in [3.63, 3.8) is 0 Å². The zero-order valence-corrected chi connectivity index (χ0v) is 11.8. The summed E-state index contributed by atoms with van der Waals surface area (Å²) in [4.78, 5) is 13.6. The summed E-state index contributed by atoms with van der Waals surface area (Å²) < 4.78 is 13.8. The predicted molar refractivity (Wildman–Crippen MR) is 73.9 cm³/mol. The summed E-state index contributed by atoms with van der Waals surface area (Å²) in [7, 11) is 3.60. The highest BCUT2D eigenvalue weighted by Crippen LogP contribution is 2.16. The molecule has 0 heterocycles. The number of benzene rings is 1. The third-order valence-electron chi connectivity index (χ3n) is 2.95. The first-order valence-corrected chi connectivity index (χ1v) is 6.26. The van der Waals surface area contributed by atoms with Crippen molar-refractivity contribution in [2.75, 3.05) is 25.5 Å². The van der Waals surface area contributed by atoms with Gasteiger partial charge in [0.15, 0.2) is 0 Å². The molecular weight excluding hydrogens is 247 g/mol. The third kappa shape index (κ3) is 4.21. The van der Waals surface area contributed by atoms with Gasteiger partial charge >= 0.3 is 0 Å². The van der Waals surface area contributed by atoms with E-state index in [1.165, 1.54) is 12.1 Å². The lowest BCUT2D eigenvalue weighted by Gasteiger charge is -2.16. The largest absolute Gasteiger partial charge is 0.391 e. The highest BCUT2D eigenvalue weighted by Gasteiger charge is 2.15. The zero-order valence-electron chi connectivity index (χ0n) is 11.8. The molecule has 0 saturated heterocycles. The van der Waals surface area contributed by atoms with Crippen LogP contribution in [0.1, 0.15) is 24.2 Å². The molecule has 0 saturated carbocycles. The fourth-order valence-corrected chi connectivity index (χ4v) is 1.49. The van der Waals surface area contributed by atoms with Crippen molar-refractivity contribution in [3.05, 3.63) is 29.6 Å². The molecule has 0 aliphatic rings. The molecule has 4 nitrogen and oxygen atoms in total. The van der Waals surface area contributed by atoms with E-state index in [2.05, 4.69) is 5.32 Å². The Morgan fingerprint density at radius 2 is 2.05 bits per heavy atom. The second-order valence-electron chi connectivity index (χ2n) is 5.08. The van der Waals surface area contributed by atoms with Crippen LogP contribution in [0.3, 0.4) is 0 Å². The molecule has 1 atom stereocenters. The quantitative estimate of drug-likeness (QED) is 0.853. The monoisotopic (exact) mass is 268 g/mol. The minimum Gasteiger partial charge on any atom is -0.391 e. The lowest BCUT2D eigenvalue weighted by atomic mass is 10.1. The van der Waals surface area contributed by atoms with Crippen molar-refractivity contribution in [1.82, 2.24) is 5.32 Å². The molecule has 106 valence electrons. The Morgan fingerprint density at radius 3 is 2.53 bits per heavy atom. The molecule has 0 fully saturated rings. The second-order valence-corrected chi connectivity index (χ2v) is 5.08. The number of nitrogens with one attached hydrogen (secondary N) is 1. The molecule has 1 aromatic rings. The number of halogens is 1. The van der Waals surface area contributed by atoms with Gasteiger partial charge in [0.25, 0.3) is 5.91 Å². The average molecular weight is 268 g/mol. The van der Waals surface area contributed by atoms with E-state index in [-0.39, 0.29) is 18.0 Å². The van der Waals surface area contributed by atoms with E-state index in [1.807, 2.05) is 13.8 Å². The number of amides is 1. The first-order valence-electron chi connectivity index (χ1n) is 6.26. The van der Waals surface area contributed by atoms with Gasteiger partial charge in [-0.15, -0.1) is 0 Å². The lowest BCUT2D eigenvalue weighted by Crippen LogP contribution is -2.35. The maximum absolute atomic E-state index is 13.8. The molecule has 1 unspecified atom stereocenters. The number of aliphatic hydroxyl groups is 1. The minimum atomic E-state index is -0.631. The van der Waals surface area contributed by atoms with Crippen LogP contribution in [-0.2, 0) is 0 Å². The van der Waals surface area contributed by atoms with Crippen LogP contribution in [0.25, 0.3) is 0 Å². The number of carbonyl (C=O) groups is 1. The normalized spacial score (nSPS) is 12.4. The predicted octanol–water partition coefficient (Wildman–Crippen LogP) is 1.64. The van der Waals surface area contributed by atoms with E-state index in [0.29, 0.717) is 5.69 Å². The number of anilines is 1. The topological polar surface area (TPSA) is 52.6 Å². The Morgan fingerprint density at radius 1 is 1.42 bits per heavy atom. The van der Waals surface area contributed by atoms with Crippen molar-refractivity contribution >= 4 is 11.6 Å². The molecule has 19 heavy (non-hydrogen) atoms. The van der Waals surface area contributed by atoms with Crippen LogP contribution in [0.2, 0.25) is 0 Å². The minimum absolute atomic E-state index is 0.0124. The smallest absolute Gasteiger partial charge is 0.254 e. The van der Waals surface area contributed by atoms with E-state index in [1.54, 1.807) is 25.1 Å². The molecular formula is C14H21FN2O2. The van der Waals surface area contributed by atoms with Gasteiger partial charge in [-0.05, 0) is 24.1 Å². The van der Waals surface area contributed by atoms with Crippen molar-refractivity contribution in [2.45, 2.75) is 20.0 Å². The second kappa shape index (κ2) is 6.52. The Labute approximate surface area is 113 Å². The van der Waals surface area contributed by atoms with Gasteiger partial charge in [-0.3, -0.25) is 4.79 Å². The molecule has 0 aliphatic carbocycles. The number of hydrogen-bond acceptors (Lipinski definition) is 3. The summed E-state index contributed by atoms with van der Waals surface area (Å²) in [6, 6.07) is 4.44. The molecule has 1 rings (SSSR count). The molecule has 0 spiro atoms. The molecule has 0 bridgehead atoms. The summed E-state index contributed by atoms with van der Waals surface area (Å²) >= 11 is 0. The Balaban J connectivity index is 2.72. The standard InChI is InChI=1S/C14H21FN2O2/c1-9(2)13(18)8-16-14(19)11-6-5-10(17(3)4)7-12(11)15/h5-7,9,13,18H,8H2,1-4H3,(H,16,19). The zero-order chi connectivity index (χ0) is 14.6. The number of hydrogen-bond donors (Lipinski definition) is 2. The van der Waals surface area contributed by atoms with Gasteiger partial charge in [-0.2, -0.15) is 0 Å². The van der Waals surface area contributed by atoms with Crippen LogP contribution in [0.15, 0.2) is 18.2 Å². The fourth-order valence-electron chi connectivity index (χ4n) is 1.49. The molecule has 5 heteroatoms. The van der Waals surface area contributed by atoms with Crippen LogP contribution in [0.5, 0.6) is 0 Å². The lowest BCUT2D eigenvalue weighted by molar-refractivity contribution is 0.0868. The van der Waals surface area contributed by atoms with E-state index in [4.69, 9.17) is 0 Å². The molecule has 0 aliphatic heterocycles.